The number of aromatic nitrogens is 3. The fourth-order valence-corrected chi connectivity index (χ4v) is 2.74. The monoisotopic (exact) mass is 272 g/mol. The summed E-state index contributed by atoms with van der Waals surface area (Å²) in [6.45, 7) is 2.50. The van der Waals surface area contributed by atoms with Crippen molar-refractivity contribution in [2.24, 2.45) is 0 Å². The average Bonchev–Trinajstić information content (AvgIpc) is 3.00. The lowest BCUT2D eigenvalue weighted by atomic mass is 10.2. The molecule has 0 bridgehead atoms. The molecule has 0 aromatic carbocycles. The summed E-state index contributed by atoms with van der Waals surface area (Å²) in [4.78, 5) is 0. The molecule has 1 atom stereocenters. The van der Waals surface area contributed by atoms with E-state index in [0.717, 1.165) is 37.0 Å². The Hall–Kier alpha value is -0.630. The minimum atomic E-state index is 0.152. The van der Waals surface area contributed by atoms with E-state index in [9.17, 15) is 0 Å². The van der Waals surface area contributed by atoms with Crippen LogP contribution in [0.25, 0.3) is 0 Å². The molecular formula is C11H20N4O2S. The fraction of sp³-hybridized carbons (Fsp3) is 0.818. The molecule has 1 fully saturated rings. The number of aliphatic hydroxyl groups is 1. The molecule has 0 aliphatic carbocycles. The zero-order valence-electron chi connectivity index (χ0n) is 10.6. The zero-order valence-corrected chi connectivity index (χ0v) is 11.4. The second-order valence-electron chi connectivity index (χ2n) is 4.25. The first-order valence-corrected chi connectivity index (χ1v) is 7.25. The number of nitrogens with one attached hydrogen (secondary N) is 1. The number of ether oxygens (including phenoxy) is 1. The van der Waals surface area contributed by atoms with E-state index in [1.165, 1.54) is 11.8 Å². The number of aliphatic hydroxyl groups excluding tert-OH is 1. The molecule has 18 heavy (non-hydrogen) atoms. The quantitative estimate of drug-likeness (QED) is 0.694. The van der Waals surface area contributed by atoms with Gasteiger partial charge in [-0.1, -0.05) is 11.8 Å². The summed E-state index contributed by atoms with van der Waals surface area (Å²) in [5.74, 6) is 1.57. The third-order valence-corrected chi connectivity index (χ3v) is 3.81. The van der Waals surface area contributed by atoms with Crippen LogP contribution in [0.15, 0.2) is 5.16 Å². The number of thioether (sulfide) groups is 1. The van der Waals surface area contributed by atoms with Crippen molar-refractivity contribution in [1.29, 1.82) is 0 Å². The Balaban J connectivity index is 2.08. The molecule has 0 amide bonds. The predicted octanol–water partition coefficient (Wildman–Crippen LogP) is 0.261. The summed E-state index contributed by atoms with van der Waals surface area (Å²) in [5, 5.41) is 21.2. The van der Waals surface area contributed by atoms with Crippen LogP contribution >= 0.6 is 11.8 Å². The molecule has 1 saturated heterocycles. The summed E-state index contributed by atoms with van der Waals surface area (Å²) in [6.07, 6.45) is 2.50. The van der Waals surface area contributed by atoms with E-state index in [0.29, 0.717) is 12.3 Å². The molecule has 1 aliphatic rings. The lowest BCUT2D eigenvalue weighted by Gasteiger charge is -2.14. The summed E-state index contributed by atoms with van der Waals surface area (Å²) >= 11 is 1.53. The van der Waals surface area contributed by atoms with Crippen LogP contribution in [-0.2, 0) is 17.8 Å². The second kappa shape index (κ2) is 7.08. The van der Waals surface area contributed by atoms with Gasteiger partial charge in [0, 0.05) is 12.4 Å². The van der Waals surface area contributed by atoms with Gasteiger partial charge in [-0.2, -0.15) is 0 Å². The van der Waals surface area contributed by atoms with E-state index in [1.54, 1.807) is 0 Å². The molecule has 2 heterocycles. The van der Waals surface area contributed by atoms with E-state index in [2.05, 4.69) is 20.1 Å². The first-order valence-electron chi connectivity index (χ1n) is 6.27. The van der Waals surface area contributed by atoms with E-state index in [4.69, 9.17) is 9.84 Å². The third kappa shape index (κ3) is 3.44. The maximum Gasteiger partial charge on any atom is 0.191 e. The van der Waals surface area contributed by atoms with Gasteiger partial charge in [0.1, 0.15) is 5.82 Å². The lowest BCUT2D eigenvalue weighted by Crippen LogP contribution is -2.20. The van der Waals surface area contributed by atoms with E-state index >= 15 is 0 Å². The van der Waals surface area contributed by atoms with Crippen LogP contribution in [-0.4, -0.2) is 52.0 Å². The van der Waals surface area contributed by atoms with Crippen LogP contribution in [0.4, 0.5) is 0 Å². The Labute approximate surface area is 111 Å². The number of hydrogen-bond acceptors (Lipinski definition) is 6. The van der Waals surface area contributed by atoms with Crippen molar-refractivity contribution in [1.82, 2.24) is 20.1 Å². The predicted molar refractivity (Wildman–Crippen MR) is 69.6 cm³/mol. The number of hydrogen-bond donors (Lipinski definition) is 2. The number of rotatable bonds is 7. The molecule has 0 radical (unpaired) electrons. The summed E-state index contributed by atoms with van der Waals surface area (Å²) < 4.78 is 7.77. The minimum Gasteiger partial charge on any atom is -0.396 e. The minimum absolute atomic E-state index is 0.152. The second-order valence-corrected chi connectivity index (χ2v) is 5.31. The molecule has 102 valence electrons. The van der Waals surface area contributed by atoms with Crippen molar-refractivity contribution in [3.8, 4) is 0 Å². The van der Waals surface area contributed by atoms with Crippen molar-refractivity contribution in [2.75, 3.05) is 26.0 Å². The molecule has 0 spiro atoms. The van der Waals surface area contributed by atoms with Gasteiger partial charge in [-0.25, -0.2) is 0 Å². The maximum atomic E-state index is 8.90. The van der Waals surface area contributed by atoms with Crippen LogP contribution in [0.3, 0.4) is 0 Å². The third-order valence-electron chi connectivity index (χ3n) is 2.86. The summed E-state index contributed by atoms with van der Waals surface area (Å²) in [6, 6.07) is 0. The largest absolute Gasteiger partial charge is 0.396 e. The Morgan fingerprint density at radius 1 is 1.56 bits per heavy atom. The summed E-state index contributed by atoms with van der Waals surface area (Å²) in [7, 11) is 1.89. The highest BCUT2D eigenvalue weighted by molar-refractivity contribution is 7.99. The van der Waals surface area contributed by atoms with Crippen molar-refractivity contribution < 1.29 is 9.84 Å². The molecule has 0 unspecified atom stereocenters. The van der Waals surface area contributed by atoms with Crippen molar-refractivity contribution in [3.05, 3.63) is 5.82 Å². The smallest absolute Gasteiger partial charge is 0.191 e. The van der Waals surface area contributed by atoms with Crippen LogP contribution in [0, 0.1) is 0 Å². The molecule has 7 heteroatoms. The van der Waals surface area contributed by atoms with Crippen molar-refractivity contribution in [3.63, 3.8) is 0 Å². The van der Waals surface area contributed by atoms with Crippen LogP contribution in [0.5, 0.6) is 0 Å². The first-order chi connectivity index (χ1) is 8.85. The highest BCUT2D eigenvalue weighted by atomic mass is 32.2. The zero-order chi connectivity index (χ0) is 12.8. The van der Waals surface area contributed by atoms with Gasteiger partial charge < -0.3 is 19.7 Å². The highest BCUT2D eigenvalue weighted by Gasteiger charge is 2.20. The van der Waals surface area contributed by atoms with Gasteiger partial charge in [0.15, 0.2) is 5.16 Å². The Morgan fingerprint density at radius 2 is 2.44 bits per heavy atom. The SMILES string of the molecule is CNCc1nnc(SCCO)n1C[C@@H]1CCCO1. The normalized spacial score (nSPS) is 19.6. The van der Waals surface area contributed by atoms with Crippen LogP contribution in [0.1, 0.15) is 18.7 Å². The molecule has 1 aromatic rings. The van der Waals surface area contributed by atoms with Crippen LogP contribution in [0.2, 0.25) is 0 Å². The van der Waals surface area contributed by atoms with Crippen molar-refractivity contribution >= 4 is 11.8 Å². The van der Waals surface area contributed by atoms with Crippen molar-refractivity contribution in [2.45, 2.75) is 37.2 Å². The molecule has 6 nitrogen and oxygen atoms in total. The Kier molecular flexibility index (Phi) is 5.43. The molecule has 1 aromatic heterocycles. The van der Waals surface area contributed by atoms with E-state index < -0.39 is 0 Å². The molecule has 2 rings (SSSR count). The van der Waals surface area contributed by atoms with Crippen LogP contribution < -0.4 is 5.32 Å². The van der Waals surface area contributed by atoms with Gasteiger partial charge in [-0.05, 0) is 19.9 Å². The van der Waals surface area contributed by atoms with Gasteiger partial charge >= 0.3 is 0 Å². The Bertz CT molecular complexity index is 366. The average molecular weight is 272 g/mol. The molecule has 1 aliphatic heterocycles. The van der Waals surface area contributed by atoms with Gasteiger partial charge in [0.2, 0.25) is 0 Å². The molecule has 2 N–H and O–H groups in total. The van der Waals surface area contributed by atoms with E-state index in [1.807, 2.05) is 7.05 Å². The topological polar surface area (TPSA) is 72.2 Å². The standard InChI is InChI=1S/C11H20N4O2S/c1-12-7-10-13-14-11(18-6-4-16)15(10)8-9-3-2-5-17-9/h9,12,16H,2-8H2,1H3/t9-/m0/s1. The van der Waals surface area contributed by atoms with Gasteiger partial charge in [0.25, 0.3) is 0 Å². The Morgan fingerprint density at radius 3 is 3.11 bits per heavy atom. The highest BCUT2D eigenvalue weighted by Crippen LogP contribution is 2.21. The number of nitrogens with zero attached hydrogens (tertiary/aromatic N) is 3. The van der Waals surface area contributed by atoms with Gasteiger partial charge in [0.05, 0.1) is 25.8 Å². The maximum absolute atomic E-state index is 8.90. The molecule has 0 saturated carbocycles. The molecular weight excluding hydrogens is 252 g/mol. The first kappa shape index (κ1) is 13.8. The van der Waals surface area contributed by atoms with Gasteiger partial charge in [-0.3, -0.25) is 0 Å². The fourth-order valence-electron chi connectivity index (χ4n) is 2.03. The summed E-state index contributed by atoms with van der Waals surface area (Å²) in [5.41, 5.74) is 0. The van der Waals surface area contributed by atoms with E-state index in [-0.39, 0.29) is 12.7 Å². The lowest BCUT2D eigenvalue weighted by molar-refractivity contribution is 0.0941. The van der Waals surface area contributed by atoms with Gasteiger partial charge in [-0.15, -0.1) is 10.2 Å².